The van der Waals surface area contributed by atoms with E-state index in [4.69, 9.17) is 9.47 Å². The summed E-state index contributed by atoms with van der Waals surface area (Å²) >= 11 is 3.68. The molecule has 1 aliphatic heterocycles. The fourth-order valence-electron chi connectivity index (χ4n) is 2.42. The molecule has 1 aromatic carbocycles. The Balaban J connectivity index is 2.17. The molecule has 0 saturated carbocycles. The van der Waals surface area contributed by atoms with Crippen molar-refractivity contribution >= 4 is 15.9 Å². The fourth-order valence-corrected chi connectivity index (χ4v) is 3.17. The summed E-state index contributed by atoms with van der Waals surface area (Å²) in [4.78, 5) is 0. The topological polar surface area (TPSA) is 18.5 Å². The van der Waals surface area contributed by atoms with Crippen molar-refractivity contribution in [1.29, 1.82) is 0 Å². The van der Waals surface area contributed by atoms with Gasteiger partial charge in [0, 0.05) is 18.5 Å². The highest BCUT2D eigenvalue weighted by atomic mass is 79.9. The van der Waals surface area contributed by atoms with Crippen LogP contribution in [0.3, 0.4) is 0 Å². The maximum absolute atomic E-state index is 5.47. The number of hydrogen-bond acceptors (Lipinski definition) is 2. The Labute approximate surface area is 111 Å². The molecule has 3 heteroatoms. The van der Waals surface area contributed by atoms with Gasteiger partial charge in [0.05, 0.1) is 7.11 Å². The average Bonchev–Trinajstić information content (AvgIpc) is 2.40. The van der Waals surface area contributed by atoms with Gasteiger partial charge < -0.3 is 9.47 Å². The van der Waals surface area contributed by atoms with E-state index < -0.39 is 0 Å². The van der Waals surface area contributed by atoms with Crippen molar-refractivity contribution in [1.82, 2.24) is 0 Å². The quantitative estimate of drug-likeness (QED) is 0.793. The molecule has 1 saturated heterocycles. The van der Waals surface area contributed by atoms with Crippen molar-refractivity contribution in [2.75, 3.05) is 25.7 Å². The lowest BCUT2D eigenvalue weighted by Gasteiger charge is -2.36. The molecule has 0 N–H and O–H groups in total. The van der Waals surface area contributed by atoms with Crippen LogP contribution in [0.5, 0.6) is 5.75 Å². The van der Waals surface area contributed by atoms with E-state index in [0.717, 1.165) is 43.6 Å². The highest BCUT2D eigenvalue weighted by molar-refractivity contribution is 9.09. The standard InChI is InChI=1S/C14H19BrO2/c1-16-13-5-3-2-4-12(13)10-14(11-15)6-8-17-9-7-14/h2-5H,6-11H2,1H3. The van der Waals surface area contributed by atoms with Crippen LogP contribution in [0.1, 0.15) is 18.4 Å². The molecule has 2 nitrogen and oxygen atoms in total. The van der Waals surface area contributed by atoms with E-state index in [1.165, 1.54) is 5.56 Å². The van der Waals surface area contributed by atoms with Crippen LogP contribution < -0.4 is 4.74 Å². The van der Waals surface area contributed by atoms with Gasteiger partial charge in [-0.3, -0.25) is 0 Å². The Bertz CT molecular complexity index is 359. The van der Waals surface area contributed by atoms with Gasteiger partial charge in [-0.05, 0) is 36.3 Å². The molecule has 0 atom stereocenters. The number of halogens is 1. The average molecular weight is 299 g/mol. The number of ether oxygens (including phenoxy) is 2. The zero-order valence-electron chi connectivity index (χ0n) is 10.2. The number of para-hydroxylation sites is 1. The summed E-state index contributed by atoms with van der Waals surface area (Å²) in [6, 6.07) is 8.31. The third kappa shape index (κ3) is 3.02. The first-order chi connectivity index (χ1) is 8.29. The number of hydrogen-bond donors (Lipinski definition) is 0. The molecule has 0 amide bonds. The monoisotopic (exact) mass is 298 g/mol. The first-order valence-corrected chi connectivity index (χ1v) is 7.17. The molecule has 94 valence electrons. The molecule has 17 heavy (non-hydrogen) atoms. The molecule has 0 aliphatic carbocycles. The first-order valence-electron chi connectivity index (χ1n) is 6.05. The van der Waals surface area contributed by atoms with Crippen molar-refractivity contribution in [3.63, 3.8) is 0 Å². The molecule has 1 heterocycles. The third-order valence-corrected chi connectivity index (χ3v) is 4.78. The molecule has 1 aromatic rings. The van der Waals surface area contributed by atoms with Crippen LogP contribution in [0.4, 0.5) is 0 Å². The van der Waals surface area contributed by atoms with Crippen LogP contribution >= 0.6 is 15.9 Å². The lowest BCUT2D eigenvalue weighted by molar-refractivity contribution is 0.0267. The summed E-state index contributed by atoms with van der Waals surface area (Å²) < 4.78 is 10.9. The van der Waals surface area contributed by atoms with Gasteiger partial charge in [-0.1, -0.05) is 34.1 Å². The summed E-state index contributed by atoms with van der Waals surface area (Å²) in [6.07, 6.45) is 3.30. The predicted molar refractivity (Wildman–Crippen MR) is 73.0 cm³/mol. The molecule has 0 radical (unpaired) electrons. The summed E-state index contributed by atoms with van der Waals surface area (Å²) in [5, 5.41) is 1.03. The molecule has 0 spiro atoms. The van der Waals surface area contributed by atoms with E-state index in [-0.39, 0.29) is 0 Å². The normalized spacial score (nSPS) is 18.9. The Morgan fingerprint density at radius 3 is 2.65 bits per heavy atom. The molecule has 1 aliphatic rings. The Morgan fingerprint density at radius 1 is 1.29 bits per heavy atom. The number of benzene rings is 1. The van der Waals surface area contributed by atoms with Crippen molar-refractivity contribution in [2.24, 2.45) is 5.41 Å². The van der Waals surface area contributed by atoms with Crippen molar-refractivity contribution in [3.8, 4) is 5.75 Å². The minimum Gasteiger partial charge on any atom is -0.496 e. The summed E-state index contributed by atoms with van der Waals surface area (Å²) in [7, 11) is 1.74. The molecule has 0 unspecified atom stereocenters. The molecular formula is C14H19BrO2. The van der Waals surface area contributed by atoms with Gasteiger partial charge in [0.25, 0.3) is 0 Å². The Hall–Kier alpha value is -0.540. The van der Waals surface area contributed by atoms with Gasteiger partial charge in [-0.15, -0.1) is 0 Å². The third-order valence-electron chi connectivity index (χ3n) is 3.59. The zero-order chi connectivity index (χ0) is 12.1. The molecule has 1 fully saturated rings. The Morgan fingerprint density at radius 2 is 2.00 bits per heavy atom. The van der Waals surface area contributed by atoms with Gasteiger partial charge in [-0.25, -0.2) is 0 Å². The van der Waals surface area contributed by atoms with Gasteiger partial charge in [0.2, 0.25) is 0 Å². The number of alkyl halides is 1. The van der Waals surface area contributed by atoms with Crippen molar-refractivity contribution in [2.45, 2.75) is 19.3 Å². The summed E-state index contributed by atoms with van der Waals surface area (Å²) in [6.45, 7) is 1.75. The summed E-state index contributed by atoms with van der Waals surface area (Å²) in [5.74, 6) is 0.999. The smallest absolute Gasteiger partial charge is 0.122 e. The highest BCUT2D eigenvalue weighted by Crippen LogP contribution is 2.38. The molecule has 0 bridgehead atoms. The van der Waals surface area contributed by atoms with E-state index >= 15 is 0 Å². The van der Waals surface area contributed by atoms with E-state index in [1.807, 2.05) is 12.1 Å². The van der Waals surface area contributed by atoms with Crippen molar-refractivity contribution < 1.29 is 9.47 Å². The minimum atomic E-state index is 0.326. The largest absolute Gasteiger partial charge is 0.496 e. The van der Waals surface area contributed by atoms with Crippen LogP contribution in [-0.4, -0.2) is 25.7 Å². The first kappa shape index (κ1) is 12.9. The molecule has 0 aromatic heterocycles. The second-order valence-corrected chi connectivity index (χ2v) is 5.30. The molecular weight excluding hydrogens is 280 g/mol. The van der Waals surface area contributed by atoms with Crippen molar-refractivity contribution in [3.05, 3.63) is 29.8 Å². The van der Waals surface area contributed by atoms with E-state index in [2.05, 4.69) is 28.1 Å². The lowest BCUT2D eigenvalue weighted by atomic mass is 9.77. The van der Waals surface area contributed by atoms with Crippen LogP contribution in [0.25, 0.3) is 0 Å². The van der Waals surface area contributed by atoms with Crippen LogP contribution in [-0.2, 0) is 11.2 Å². The maximum atomic E-state index is 5.47. The van der Waals surface area contributed by atoms with Gasteiger partial charge in [-0.2, -0.15) is 0 Å². The minimum absolute atomic E-state index is 0.326. The predicted octanol–water partition coefficient (Wildman–Crippen LogP) is 3.43. The number of rotatable bonds is 4. The maximum Gasteiger partial charge on any atom is 0.122 e. The van der Waals surface area contributed by atoms with Gasteiger partial charge in [0.1, 0.15) is 5.75 Å². The zero-order valence-corrected chi connectivity index (χ0v) is 11.8. The summed E-state index contributed by atoms with van der Waals surface area (Å²) in [5.41, 5.74) is 1.63. The second-order valence-electron chi connectivity index (χ2n) is 4.73. The van der Waals surface area contributed by atoms with Gasteiger partial charge >= 0.3 is 0 Å². The lowest BCUT2D eigenvalue weighted by Crippen LogP contribution is -2.33. The van der Waals surface area contributed by atoms with Crippen LogP contribution in [0.15, 0.2) is 24.3 Å². The van der Waals surface area contributed by atoms with Crippen LogP contribution in [0, 0.1) is 5.41 Å². The Kier molecular flexibility index (Phi) is 4.46. The van der Waals surface area contributed by atoms with Crippen LogP contribution in [0.2, 0.25) is 0 Å². The highest BCUT2D eigenvalue weighted by Gasteiger charge is 2.32. The number of methoxy groups -OCH3 is 1. The SMILES string of the molecule is COc1ccccc1CC1(CBr)CCOCC1. The van der Waals surface area contributed by atoms with E-state index in [1.54, 1.807) is 7.11 Å². The fraction of sp³-hybridized carbons (Fsp3) is 0.571. The van der Waals surface area contributed by atoms with Gasteiger partial charge in [0.15, 0.2) is 0 Å². The van der Waals surface area contributed by atoms with E-state index in [9.17, 15) is 0 Å². The van der Waals surface area contributed by atoms with E-state index in [0.29, 0.717) is 5.41 Å². The second kappa shape index (κ2) is 5.87. The molecule has 2 rings (SSSR count).